The Morgan fingerprint density at radius 3 is 2.22 bits per heavy atom. The Labute approximate surface area is 79.5 Å². The van der Waals surface area contributed by atoms with Crippen molar-refractivity contribution in [3.05, 3.63) is 24.3 Å². The Bertz CT molecular complexity index is 167. The van der Waals surface area contributed by atoms with Gasteiger partial charge in [0.1, 0.15) is 0 Å². The summed E-state index contributed by atoms with van der Waals surface area (Å²) >= 11 is 0. The fraction of sp³-hybridized carbons (Fsp3) is 0. The van der Waals surface area contributed by atoms with Crippen molar-refractivity contribution in [2.24, 2.45) is 0 Å². The van der Waals surface area contributed by atoms with Gasteiger partial charge in [0.2, 0.25) is 0 Å². The van der Waals surface area contributed by atoms with Crippen LogP contribution >= 0.6 is 0 Å². The molecule has 0 heterocycles. The van der Waals surface area contributed by atoms with Crippen molar-refractivity contribution < 1.29 is 32.7 Å². The molecular weight excluding hydrogens is 189 g/mol. The molecule has 1 aromatic carbocycles. The normalized spacial score (nSPS) is 8.00. The average molecular weight is 196 g/mol. The maximum Gasteiger partial charge on any atom is 0 e. The van der Waals surface area contributed by atoms with E-state index in [2.05, 4.69) is 6.07 Å². The third-order valence-electron chi connectivity index (χ3n) is 0.931. The molecule has 0 aliphatic rings. The molecule has 0 amide bonds. The zero-order chi connectivity index (χ0) is 5.98. The minimum atomic E-state index is 0. The topological polar surface area (TPSA) is 52.0 Å². The minimum Gasteiger partial charge on any atom is -0.448 e. The van der Waals surface area contributed by atoms with Gasteiger partial charge < -0.3 is 11.5 Å². The fourth-order valence-corrected chi connectivity index (χ4v) is 0.455. The summed E-state index contributed by atoms with van der Waals surface area (Å²) in [6.45, 7) is 0. The first-order valence-corrected chi connectivity index (χ1v) is 2.32. The van der Waals surface area contributed by atoms with Gasteiger partial charge in [0.15, 0.2) is 0 Å². The number of nitrogens with two attached hydrogens (primary N) is 2. The van der Waals surface area contributed by atoms with E-state index in [0.717, 1.165) is 0 Å². The first-order valence-electron chi connectivity index (χ1n) is 2.32. The Hall–Kier alpha value is -0.0761. The van der Waals surface area contributed by atoms with E-state index < -0.39 is 0 Å². The monoisotopic (exact) mass is 196 g/mol. The summed E-state index contributed by atoms with van der Waals surface area (Å²) in [5.74, 6) is 0. The number of hydrogen-bond donors (Lipinski definition) is 2. The van der Waals surface area contributed by atoms with Gasteiger partial charge in [-0.05, 0) is 0 Å². The molecule has 0 aromatic heterocycles. The van der Waals surface area contributed by atoms with Gasteiger partial charge >= 0.3 is 0 Å². The van der Waals surface area contributed by atoms with E-state index in [-0.39, 0.29) is 32.7 Å². The zero-order valence-corrected chi connectivity index (χ0v) is 7.80. The summed E-state index contributed by atoms with van der Waals surface area (Å²) in [6, 6.07) is 7.89. The molecule has 0 bridgehead atoms. The second kappa shape index (κ2) is 3.86. The van der Waals surface area contributed by atoms with Gasteiger partial charge in [0.25, 0.3) is 0 Å². The number of anilines is 2. The molecule has 0 unspecified atom stereocenters. The van der Waals surface area contributed by atoms with E-state index in [4.69, 9.17) is 11.5 Å². The van der Waals surface area contributed by atoms with Gasteiger partial charge in [-0.25, -0.2) is 0 Å². The summed E-state index contributed by atoms with van der Waals surface area (Å²) in [5, 5.41) is 0. The molecule has 2 nitrogen and oxygen atoms in total. The summed E-state index contributed by atoms with van der Waals surface area (Å²) < 4.78 is 0. The third kappa shape index (κ3) is 2.33. The molecule has 0 atom stereocenters. The van der Waals surface area contributed by atoms with Gasteiger partial charge in [0.05, 0.1) is 0 Å². The molecular formula is C6H7N2Y-. The van der Waals surface area contributed by atoms with Crippen molar-refractivity contribution in [3.8, 4) is 0 Å². The van der Waals surface area contributed by atoms with Gasteiger partial charge in [-0.2, -0.15) is 18.2 Å². The van der Waals surface area contributed by atoms with Crippen LogP contribution in [0.1, 0.15) is 0 Å². The van der Waals surface area contributed by atoms with Crippen LogP contribution in [0.4, 0.5) is 11.4 Å². The number of hydrogen-bond acceptors (Lipinski definition) is 2. The van der Waals surface area contributed by atoms with E-state index in [0.29, 0.717) is 11.4 Å². The van der Waals surface area contributed by atoms with Crippen LogP contribution in [0.15, 0.2) is 18.2 Å². The third-order valence-corrected chi connectivity index (χ3v) is 0.931. The van der Waals surface area contributed by atoms with Crippen LogP contribution in [-0.4, -0.2) is 0 Å². The average Bonchev–Trinajstić information content (AvgIpc) is 1.77. The standard InChI is InChI=1S/C6H7N2.Y/c7-5-3-1-2-4-6(5)8;/h1,3-4H,7-8H2;/q-1;. The SMILES string of the molecule is Nc1c[c-]ccc1N.[Y]. The van der Waals surface area contributed by atoms with Crippen LogP contribution in [0.2, 0.25) is 0 Å². The quantitative estimate of drug-likeness (QED) is 0.472. The summed E-state index contributed by atoms with van der Waals surface area (Å²) in [5.41, 5.74) is 11.9. The number of nitrogen functional groups attached to an aromatic ring is 2. The van der Waals surface area contributed by atoms with Gasteiger partial charge in [0, 0.05) is 32.7 Å². The van der Waals surface area contributed by atoms with E-state index >= 15 is 0 Å². The van der Waals surface area contributed by atoms with Crippen molar-refractivity contribution in [3.63, 3.8) is 0 Å². The number of rotatable bonds is 0. The molecule has 45 valence electrons. The molecule has 9 heavy (non-hydrogen) atoms. The van der Waals surface area contributed by atoms with Crippen molar-refractivity contribution in [1.82, 2.24) is 0 Å². The molecule has 4 N–H and O–H groups in total. The Kier molecular flexibility index (Phi) is 3.82. The molecule has 1 radical (unpaired) electrons. The molecule has 0 spiro atoms. The van der Waals surface area contributed by atoms with Crippen LogP contribution < -0.4 is 11.5 Å². The first kappa shape index (κ1) is 8.92. The van der Waals surface area contributed by atoms with Crippen LogP contribution in [-0.2, 0) is 32.7 Å². The van der Waals surface area contributed by atoms with Crippen LogP contribution in [0.25, 0.3) is 0 Å². The zero-order valence-electron chi connectivity index (χ0n) is 4.96. The molecule has 0 saturated carbocycles. The predicted octanol–water partition coefficient (Wildman–Crippen LogP) is 0.649. The minimum absolute atomic E-state index is 0. The Balaban J connectivity index is 0.000000640. The molecule has 0 fully saturated rings. The van der Waals surface area contributed by atoms with Crippen LogP contribution in [0, 0.1) is 6.07 Å². The Morgan fingerprint density at radius 2 is 1.89 bits per heavy atom. The first-order chi connectivity index (χ1) is 3.80. The van der Waals surface area contributed by atoms with E-state index in [1.54, 1.807) is 18.2 Å². The summed E-state index contributed by atoms with van der Waals surface area (Å²) in [6.07, 6.45) is 0. The second-order valence-corrected chi connectivity index (χ2v) is 1.56. The summed E-state index contributed by atoms with van der Waals surface area (Å²) in [7, 11) is 0. The maximum absolute atomic E-state index is 5.37. The van der Waals surface area contributed by atoms with E-state index in [1.165, 1.54) is 0 Å². The molecule has 1 rings (SSSR count). The van der Waals surface area contributed by atoms with Gasteiger partial charge in [-0.1, -0.05) is 11.4 Å². The summed E-state index contributed by atoms with van der Waals surface area (Å²) in [4.78, 5) is 0. The van der Waals surface area contributed by atoms with E-state index in [9.17, 15) is 0 Å². The van der Waals surface area contributed by atoms with Crippen LogP contribution in [0.3, 0.4) is 0 Å². The molecule has 1 aromatic rings. The van der Waals surface area contributed by atoms with E-state index in [1.807, 2.05) is 0 Å². The largest absolute Gasteiger partial charge is 0.448 e. The molecule has 0 saturated heterocycles. The molecule has 0 aliphatic heterocycles. The predicted molar refractivity (Wildman–Crippen MR) is 34.1 cm³/mol. The smallest absolute Gasteiger partial charge is 0 e. The Morgan fingerprint density at radius 1 is 1.22 bits per heavy atom. The van der Waals surface area contributed by atoms with Crippen molar-refractivity contribution in [1.29, 1.82) is 0 Å². The molecule has 0 aliphatic carbocycles. The van der Waals surface area contributed by atoms with Gasteiger partial charge in [-0.3, -0.25) is 0 Å². The fourth-order valence-electron chi connectivity index (χ4n) is 0.455. The van der Waals surface area contributed by atoms with Crippen molar-refractivity contribution >= 4 is 11.4 Å². The maximum atomic E-state index is 5.37. The van der Waals surface area contributed by atoms with Crippen molar-refractivity contribution in [2.75, 3.05) is 11.5 Å². The second-order valence-electron chi connectivity index (χ2n) is 1.56. The molecule has 3 heteroatoms. The van der Waals surface area contributed by atoms with Crippen LogP contribution in [0.5, 0.6) is 0 Å². The number of benzene rings is 1. The van der Waals surface area contributed by atoms with Crippen molar-refractivity contribution in [2.45, 2.75) is 0 Å². The van der Waals surface area contributed by atoms with Gasteiger partial charge in [-0.15, -0.1) is 6.07 Å².